The largest absolute Gasteiger partial charge is 0.311 e. The van der Waals surface area contributed by atoms with Crippen molar-refractivity contribution in [3.63, 3.8) is 0 Å². The van der Waals surface area contributed by atoms with Crippen molar-refractivity contribution in [2.45, 2.75) is 23.7 Å². The summed E-state index contributed by atoms with van der Waals surface area (Å²) >= 11 is 0. The van der Waals surface area contributed by atoms with Crippen LogP contribution >= 0.6 is 0 Å². The number of allylic oxidation sites excluding steroid dienone is 4. The summed E-state index contributed by atoms with van der Waals surface area (Å²) in [6, 6.07) is 87.7. The minimum absolute atomic E-state index is 0.411. The molecule has 298 valence electrons. The lowest BCUT2D eigenvalue weighted by Gasteiger charge is -2.36. The van der Waals surface area contributed by atoms with Crippen LogP contribution in [0.4, 0.5) is 17.1 Å². The Balaban J connectivity index is 1.02. The highest BCUT2D eigenvalue weighted by molar-refractivity contribution is 5.90. The third-order valence-electron chi connectivity index (χ3n) is 13.9. The first kappa shape index (κ1) is 37.1. The van der Waals surface area contributed by atoms with Gasteiger partial charge in [-0.2, -0.15) is 0 Å². The summed E-state index contributed by atoms with van der Waals surface area (Å²) in [6.45, 7) is 0. The SMILES string of the molecule is C1=CC2=C(CC1)c1ccccc1C2(c1ccccc1)c1ccc(N(c2ccc(-c3ccccc3)cc2)c2ccc(C3(c4ccccc4)c4ccccc4-c4ccccc43)cc2)cc1. The van der Waals surface area contributed by atoms with Gasteiger partial charge in [0, 0.05) is 17.1 Å². The first-order valence-electron chi connectivity index (χ1n) is 22.2. The minimum atomic E-state index is -0.457. The number of benzene rings is 9. The molecule has 0 heterocycles. The van der Waals surface area contributed by atoms with Crippen LogP contribution in [0, 0.1) is 0 Å². The van der Waals surface area contributed by atoms with Gasteiger partial charge in [-0.25, -0.2) is 0 Å². The van der Waals surface area contributed by atoms with Crippen LogP contribution < -0.4 is 4.90 Å². The molecule has 0 fully saturated rings. The zero-order valence-electron chi connectivity index (χ0n) is 35.0. The number of hydrogen-bond donors (Lipinski definition) is 0. The van der Waals surface area contributed by atoms with Gasteiger partial charge in [0.05, 0.1) is 10.8 Å². The molecule has 0 aliphatic heterocycles. The Morgan fingerprint density at radius 3 is 1.24 bits per heavy atom. The van der Waals surface area contributed by atoms with Gasteiger partial charge < -0.3 is 4.90 Å². The smallest absolute Gasteiger partial charge is 0.0713 e. The Hall–Kier alpha value is -7.74. The molecule has 0 N–H and O–H groups in total. The van der Waals surface area contributed by atoms with Crippen molar-refractivity contribution in [2.24, 2.45) is 0 Å². The molecule has 0 bridgehead atoms. The third kappa shape index (κ3) is 5.63. The summed E-state index contributed by atoms with van der Waals surface area (Å²) < 4.78 is 0. The maximum absolute atomic E-state index is 2.41. The molecule has 1 atom stereocenters. The van der Waals surface area contributed by atoms with Crippen molar-refractivity contribution in [1.29, 1.82) is 0 Å². The van der Waals surface area contributed by atoms with Gasteiger partial charge in [-0.15, -0.1) is 0 Å². The Kier molecular flexibility index (Phi) is 8.83. The zero-order chi connectivity index (χ0) is 41.8. The topological polar surface area (TPSA) is 3.24 Å². The normalized spacial score (nSPS) is 16.5. The van der Waals surface area contributed by atoms with Crippen LogP contribution in [0.2, 0.25) is 0 Å². The molecule has 0 radical (unpaired) electrons. The minimum Gasteiger partial charge on any atom is -0.311 e. The quantitative estimate of drug-likeness (QED) is 0.148. The Morgan fingerprint density at radius 2 is 0.698 bits per heavy atom. The van der Waals surface area contributed by atoms with E-state index in [9.17, 15) is 0 Å². The Bertz CT molecular complexity index is 3130. The number of nitrogens with zero attached hydrogens (tertiary/aromatic N) is 1. The second-order valence-corrected chi connectivity index (χ2v) is 17.0. The fraction of sp³-hybridized carbons (Fsp3) is 0.0645. The van der Waals surface area contributed by atoms with E-state index in [1.54, 1.807) is 0 Å². The van der Waals surface area contributed by atoms with Crippen LogP contribution in [-0.2, 0) is 10.8 Å². The molecule has 9 aromatic rings. The van der Waals surface area contributed by atoms with E-state index in [1.807, 2.05) is 0 Å². The summed E-state index contributed by atoms with van der Waals surface area (Å²) in [5, 5.41) is 0. The van der Waals surface area contributed by atoms with Crippen molar-refractivity contribution >= 4 is 22.6 Å². The molecule has 9 aromatic carbocycles. The van der Waals surface area contributed by atoms with Crippen molar-refractivity contribution in [2.75, 3.05) is 4.90 Å². The predicted octanol–water partition coefficient (Wildman–Crippen LogP) is 15.6. The fourth-order valence-corrected chi connectivity index (χ4v) is 11.3. The van der Waals surface area contributed by atoms with E-state index in [-0.39, 0.29) is 0 Å². The summed E-state index contributed by atoms with van der Waals surface area (Å²) in [5.74, 6) is 0. The van der Waals surface area contributed by atoms with E-state index in [2.05, 4.69) is 254 Å². The average Bonchev–Trinajstić information content (AvgIpc) is 3.84. The highest BCUT2D eigenvalue weighted by Crippen LogP contribution is 2.58. The molecular weight excluding hydrogens is 759 g/mol. The molecule has 0 aromatic heterocycles. The second kappa shape index (κ2) is 15.0. The van der Waals surface area contributed by atoms with E-state index >= 15 is 0 Å². The Labute approximate surface area is 370 Å². The van der Waals surface area contributed by atoms with E-state index in [0.717, 1.165) is 29.9 Å². The lowest BCUT2D eigenvalue weighted by molar-refractivity contribution is 0.756. The lowest BCUT2D eigenvalue weighted by atomic mass is 9.66. The molecular formula is C62H45N. The van der Waals surface area contributed by atoms with Gasteiger partial charge in [0.2, 0.25) is 0 Å². The molecule has 3 aliphatic carbocycles. The van der Waals surface area contributed by atoms with E-state index in [1.165, 1.54) is 77.9 Å². The molecule has 0 amide bonds. The molecule has 0 spiro atoms. The van der Waals surface area contributed by atoms with E-state index < -0.39 is 10.8 Å². The van der Waals surface area contributed by atoms with Crippen molar-refractivity contribution in [1.82, 2.24) is 0 Å². The van der Waals surface area contributed by atoms with Gasteiger partial charge >= 0.3 is 0 Å². The van der Waals surface area contributed by atoms with Crippen LogP contribution in [0.15, 0.2) is 254 Å². The van der Waals surface area contributed by atoms with Crippen molar-refractivity contribution in [3.8, 4) is 22.3 Å². The molecule has 12 rings (SSSR count). The monoisotopic (exact) mass is 803 g/mol. The first-order valence-corrected chi connectivity index (χ1v) is 22.2. The molecule has 1 heteroatoms. The van der Waals surface area contributed by atoms with E-state index in [0.29, 0.717) is 0 Å². The van der Waals surface area contributed by atoms with Gasteiger partial charge in [0.1, 0.15) is 0 Å². The fourth-order valence-electron chi connectivity index (χ4n) is 11.3. The molecule has 3 aliphatic rings. The molecule has 0 saturated heterocycles. The summed E-state index contributed by atoms with van der Waals surface area (Å²) in [5.41, 5.74) is 20.8. The van der Waals surface area contributed by atoms with Crippen molar-refractivity contribution < 1.29 is 0 Å². The second-order valence-electron chi connectivity index (χ2n) is 17.0. The van der Waals surface area contributed by atoms with Crippen LogP contribution in [0.1, 0.15) is 57.3 Å². The molecule has 63 heavy (non-hydrogen) atoms. The maximum Gasteiger partial charge on any atom is 0.0713 e. The molecule has 1 nitrogen and oxygen atoms in total. The summed E-state index contributed by atoms with van der Waals surface area (Å²) in [6.07, 6.45) is 6.90. The summed E-state index contributed by atoms with van der Waals surface area (Å²) in [7, 11) is 0. The Morgan fingerprint density at radius 1 is 0.317 bits per heavy atom. The van der Waals surface area contributed by atoms with Crippen LogP contribution in [0.3, 0.4) is 0 Å². The molecule has 0 saturated carbocycles. The number of rotatable bonds is 8. The maximum atomic E-state index is 2.41. The van der Waals surface area contributed by atoms with Gasteiger partial charge in [0.15, 0.2) is 0 Å². The van der Waals surface area contributed by atoms with Gasteiger partial charge in [-0.1, -0.05) is 212 Å². The predicted molar refractivity (Wildman–Crippen MR) is 262 cm³/mol. The number of hydrogen-bond acceptors (Lipinski definition) is 1. The highest BCUT2D eigenvalue weighted by Gasteiger charge is 2.48. The number of fused-ring (bicyclic) bond motifs is 5. The van der Waals surface area contributed by atoms with Gasteiger partial charge in [0.25, 0.3) is 0 Å². The lowest BCUT2D eigenvalue weighted by Crippen LogP contribution is -2.29. The van der Waals surface area contributed by atoms with Crippen LogP contribution in [-0.4, -0.2) is 0 Å². The standard InChI is InChI=1S/C62H45N/c1-4-18-44(19-5-1)45-32-38-50(39-33-45)63(51-40-34-48(35-41-51)61(46-20-6-2-7-21-46)57-28-14-10-24-53(57)54-25-11-15-29-58(54)61)52-42-36-49(37-43-52)62(47-22-8-3-9-23-47)59-30-16-12-26-55(59)56-27-13-17-31-60(56)62/h1-12,14-26,28-43H,13,27H2. The summed E-state index contributed by atoms with van der Waals surface area (Å²) in [4.78, 5) is 2.41. The highest BCUT2D eigenvalue weighted by atomic mass is 15.1. The van der Waals surface area contributed by atoms with Crippen molar-refractivity contribution in [3.05, 3.63) is 299 Å². The van der Waals surface area contributed by atoms with E-state index in [4.69, 9.17) is 0 Å². The third-order valence-corrected chi connectivity index (χ3v) is 13.9. The van der Waals surface area contributed by atoms with Crippen LogP contribution in [0.25, 0.3) is 27.8 Å². The van der Waals surface area contributed by atoms with Gasteiger partial charge in [-0.05, 0) is 127 Å². The zero-order valence-corrected chi connectivity index (χ0v) is 35.0. The van der Waals surface area contributed by atoms with Crippen LogP contribution in [0.5, 0.6) is 0 Å². The average molecular weight is 804 g/mol. The number of anilines is 3. The first-order chi connectivity index (χ1) is 31.3. The van der Waals surface area contributed by atoms with Gasteiger partial charge in [-0.3, -0.25) is 0 Å². The molecule has 1 unspecified atom stereocenters.